The molecule has 0 bridgehead atoms. The molecule has 5 rings (SSSR count). The average Bonchev–Trinajstić information content (AvgIpc) is 3.34. The second kappa shape index (κ2) is 9.56. The van der Waals surface area contributed by atoms with E-state index in [2.05, 4.69) is 25.9 Å². The largest absolute Gasteiger partial charge is 0.382 e. The minimum Gasteiger partial charge on any atom is -0.382 e. The maximum absolute atomic E-state index is 13.7. The van der Waals surface area contributed by atoms with E-state index in [0.29, 0.717) is 29.0 Å². The van der Waals surface area contributed by atoms with Gasteiger partial charge in [0.05, 0.1) is 0 Å². The number of aromatic amines is 1. The molecule has 9 nitrogen and oxygen atoms in total. The zero-order valence-corrected chi connectivity index (χ0v) is 20.3. The Balaban J connectivity index is 1.38. The number of hydrogen-bond donors (Lipinski definition) is 4. The van der Waals surface area contributed by atoms with E-state index in [1.807, 2.05) is 31.2 Å². The van der Waals surface area contributed by atoms with Crippen molar-refractivity contribution in [1.29, 1.82) is 0 Å². The van der Waals surface area contributed by atoms with Gasteiger partial charge < -0.3 is 16.4 Å². The summed E-state index contributed by atoms with van der Waals surface area (Å²) in [5.41, 5.74) is 9.80. The number of benzene rings is 1. The zero-order chi connectivity index (χ0) is 24.5. The average molecular weight is 476 g/mol. The molecule has 184 valence electrons. The molecule has 9 heteroatoms. The quantitative estimate of drug-likeness (QED) is 0.395. The van der Waals surface area contributed by atoms with Crippen molar-refractivity contribution in [3.8, 4) is 11.1 Å². The predicted molar refractivity (Wildman–Crippen MR) is 134 cm³/mol. The Kier molecular flexibility index (Phi) is 6.32. The smallest absolute Gasteiger partial charge is 0.270 e. The number of nitrogens with one attached hydrogen (secondary N) is 3. The van der Waals surface area contributed by atoms with Gasteiger partial charge in [-0.05, 0) is 48.4 Å². The van der Waals surface area contributed by atoms with Gasteiger partial charge in [0.2, 0.25) is 5.91 Å². The van der Waals surface area contributed by atoms with E-state index in [1.54, 1.807) is 19.3 Å². The topological polar surface area (TPSA) is 131 Å². The fraction of sp³-hybridized carbons (Fsp3) is 0.462. The van der Waals surface area contributed by atoms with Crippen LogP contribution in [0.15, 0.2) is 36.5 Å². The number of aromatic nitrogens is 4. The van der Waals surface area contributed by atoms with E-state index >= 15 is 0 Å². The molecule has 2 aliphatic rings. The summed E-state index contributed by atoms with van der Waals surface area (Å²) in [6.45, 7) is 1.92. The van der Waals surface area contributed by atoms with Crippen LogP contribution in [-0.4, -0.2) is 37.8 Å². The molecule has 0 spiro atoms. The molecule has 2 aromatic heterocycles. The lowest BCUT2D eigenvalue weighted by molar-refractivity contribution is -0.121. The van der Waals surface area contributed by atoms with Gasteiger partial charge in [-0.3, -0.25) is 19.4 Å². The number of rotatable bonds is 8. The van der Waals surface area contributed by atoms with Crippen LogP contribution in [0.3, 0.4) is 0 Å². The number of nitrogens with zero attached hydrogens (tertiary/aromatic N) is 3. The third kappa shape index (κ3) is 4.54. The summed E-state index contributed by atoms with van der Waals surface area (Å²) in [5.74, 6) is 1.09. The number of aryl methyl sites for hydroxylation is 2. The Morgan fingerprint density at radius 3 is 2.23 bits per heavy atom. The van der Waals surface area contributed by atoms with Gasteiger partial charge in [0.1, 0.15) is 11.7 Å². The lowest BCUT2D eigenvalue weighted by Crippen LogP contribution is -2.54. The van der Waals surface area contributed by atoms with Crippen LogP contribution in [-0.2, 0) is 11.8 Å². The molecule has 2 amide bonds. The SMILES string of the molecule is Cc1[nH]nc(N)c1-c1ccc(NC(=O)[C@@H](NC(=O)c2ccnn2C)C(C2CCC2)C2CCC2)cc1. The highest BCUT2D eigenvalue weighted by Gasteiger charge is 2.44. The summed E-state index contributed by atoms with van der Waals surface area (Å²) in [5, 5.41) is 17.2. The van der Waals surface area contributed by atoms with Gasteiger partial charge in [-0.15, -0.1) is 0 Å². The Hall–Kier alpha value is -3.62. The Morgan fingerprint density at radius 2 is 1.74 bits per heavy atom. The van der Waals surface area contributed by atoms with E-state index in [9.17, 15) is 9.59 Å². The van der Waals surface area contributed by atoms with Crippen molar-refractivity contribution in [3.05, 3.63) is 47.9 Å². The highest BCUT2D eigenvalue weighted by Crippen LogP contribution is 2.46. The molecule has 0 radical (unpaired) electrons. The fourth-order valence-electron chi connectivity index (χ4n) is 5.48. The molecule has 35 heavy (non-hydrogen) atoms. The molecule has 2 saturated carbocycles. The lowest BCUT2D eigenvalue weighted by atomic mass is 9.62. The molecule has 2 aliphatic carbocycles. The van der Waals surface area contributed by atoms with E-state index in [1.165, 1.54) is 17.5 Å². The van der Waals surface area contributed by atoms with Gasteiger partial charge in [0.25, 0.3) is 5.91 Å². The third-order valence-corrected chi connectivity index (χ3v) is 7.81. The molecule has 2 fully saturated rings. The van der Waals surface area contributed by atoms with Crippen LogP contribution in [0.5, 0.6) is 0 Å². The monoisotopic (exact) mass is 475 g/mol. The summed E-state index contributed by atoms with van der Waals surface area (Å²) in [7, 11) is 1.73. The summed E-state index contributed by atoms with van der Waals surface area (Å²) in [6, 6.07) is 8.64. The molecule has 0 aliphatic heterocycles. The van der Waals surface area contributed by atoms with Crippen LogP contribution in [0.2, 0.25) is 0 Å². The van der Waals surface area contributed by atoms with Crippen molar-refractivity contribution in [1.82, 2.24) is 25.3 Å². The number of anilines is 2. The van der Waals surface area contributed by atoms with E-state index in [4.69, 9.17) is 5.73 Å². The highest BCUT2D eigenvalue weighted by molar-refractivity contribution is 6.01. The number of hydrogen-bond acceptors (Lipinski definition) is 5. The van der Waals surface area contributed by atoms with Crippen LogP contribution < -0.4 is 16.4 Å². The lowest BCUT2D eigenvalue weighted by Gasteiger charge is -2.46. The minimum absolute atomic E-state index is 0.141. The van der Waals surface area contributed by atoms with Crippen LogP contribution in [0.4, 0.5) is 11.5 Å². The first-order valence-electron chi connectivity index (χ1n) is 12.4. The minimum atomic E-state index is -0.598. The maximum atomic E-state index is 13.7. The molecule has 2 heterocycles. The van der Waals surface area contributed by atoms with Crippen LogP contribution in [0, 0.1) is 24.7 Å². The first-order valence-corrected chi connectivity index (χ1v) is 12.4. The number of carbonyl (C=O) groups excluding carboxylic acids is 2. The highest BCUT2D eigenvalue weighted by atomic mass is 16.2. The normalized spacial score (nSPS) is 17.0. The molecular weight excluding hydrogens is 442 g/mol. The third-order valence-electron chi connectivity index (χ3n) is 7.81. The standard InChI is InChI=1S/C26H33N7O2/c1-15-21(24(27)32-31-15)18-9-11-19(12-10-18)29-26(35)23(30-25(34)20-13-14-28-33(20)2)22(16-5-3-6-16)17-7-4-8-17/h9-14,16-17,22-23H,3-8H2,1-2H3,(H,29,35)(H,30,34)(H3,27,31,32)/t23-/m0/s1. The summed E-state index contributed by atoms with van der Waals surface area (Å²) in [6.07, 6.45) is 8.44. The second-order valence-electron chi connectivity index (χ2n) is 9.93. The van der Waals surface area contributed by atoms with Gasteiger partial charge in [0, 0.05) is 30.2 Å². The van der Waals surface area contributed by atoms with Gasteiger partial charge >= 0.3 is 0 Å². The summed E-state index contributed by atoms with van der Waals surface area (Å²) in [4.78, 5) is 26.8. The van der Waals surface area contributed by atoms with Crippen molar-refractivity contribution in [3.63, 3.8) is 0 Å². The van der Waals surface area contributed by atoms with Crippen LogP contribution in [0.1, 0.15) is 54.7 Å². The number of H-pyrrole nitrogens is 1. The first kappa shape index (κ1) is 23.1. The zero-order valence-electron chi connectivity index (χ0n) is 20.3. The molecule has 1 aromatic carbocycles. The molecule has 5 N–H and O–H groups in total. The van der Waals surface area contributed by atoms with Crippen molar-refractivity contribution >= 4 is 23.3 Å². The number of nitrogen functional groups attached to an aromatic ring is 1. The summed E-state index contributed by atoms with van der Waals surface area (Å²) < 4.78 is 1.54. The Labute approximate surface area is 204 Å². The predicted octanol–water partition coefficient (Wildman–Crippen LogP) is 3.65. The Morgan fingerprint density at radius 1 is 1.09 bits per heavy atom. The summed E-state index contributed by atoms with van der Waals surface area (Å²) >= 11 is 0. The van der Waals surface area contributed by atoms with E-state index < -0.39 is 6.04 Å². The van der Waals surface area contributed by atoms with Gasteiger partial charge in [-0.25, -0.2) is 0 Å². The molecule has 3 aromatic rings. The fourth-order valence-corrected chi connectivity index (χ4v) is 5.48. The van der Waals surface area contributed by atoms with Crippen LogP contribution >= 0.6 is 0 Å². The number of nitrogens with two attached hydrogens (primary N) is 1. The van der Waals surface area contributed by atoms with Crippen molar-refractivity contribution < 1.29 is 9.59 Å². The van der Waals surface area contributed by atoms with E-state index in [-0.39, 0.29) is 17.7 Å². The Bertz CT molecular complexity index is 1170. The molecule has 1 atom stereocenters. The molecular formula is C26H33N7O2. The first-order chi connectivity index (χ1) is 16.9. The maximum Gasteiger partial charge on any atom is 0.270 e. The second-order valence-corrected chi connectivity index (χ2v) is 9.93. The van der Waals surface area contributed by atoms with Crippen molar-refractivity contribution in [2.45, 2.75) is 51.5 Å². The molecule has 0 saturated heterocycles. The van der Waals surface area contributed by atoms with Gasteiger partial charge in [0.15, 0.2) is 5.82 Å². The van der Waals surface area contributed by atoms with Crippen molar-refractivity contribution in [2.24, 2.45) is 24.8 Å². The number of carbonyl (C=O) groups is 2. The van der Waals surface area contributed by atoms with Crippen LogP contribution in [0.25, 0.3) is 11.1 Å². The van der Waals surface area contributed by atoms with Gasteiger partial charge in [-0.2, -0.15) is 10.2 Å². The van der Waals surface area contributed by atoms with Gasteiger partial charge in [-0.1, -0.05) is 50.7 Å². The van der Waals surface area contributed by atoms with Crippen molar-refractivity contribution in [2.75, 3.05) is 11.1 Å². The van der Waals surface area contributed by atoms with E-state index in [0.717, 1.165) is 42.5 Å². The number of amides is 2. The molecule has 0 unspecified atom stereocenters.